The second-order valence-corrected chi connectivity index (χ2v) is 7.35. The highest BCUT2D eigenvalue weighted by Crippen LogP contribution is 2.26. The van der Waals surface area contributed by atoms with Gasteiger partial charge in [0.1, 0.15) is 10.4 Å². The molecule has 3 rings (SSSR count). The molecule has 9 heteroatoms. The molecule has 140 valence electrons. The lowest BCUT2D eigenvalue weighted by Crippen LogP contribution is -2.37. The quantitative estimate of drug-likeness (QED) is 0.527. The lowest BCUT2D eigenvalue weighted by atomic mass is 10.1. The van der Waals surface area contributed by atoms with E-state index >= 15 is 0 Å². The zero-order valence-electron chi connectivity index (χ0n) is 15.4. The average Bonchev–Trinajstić information content (AvgIpc) is 2.61. The van der Waals surface area contributed by atoms with Crippen molar-refractivity contribution in [3.8, 4) is 11.4 Å². The highest BCUT2D eigenvalue weighted by Gasteiger charge is 2.18. The van der Waals surface area contributed by atoms with Gasteiger partial charge in [-0.2, -0.15) is 0 Å². The predicted octanol–water partition coefficient (Wildman–Crippen LogP) is 0.888. The molecule has 3 aromatic rings. The second-order valence-electron chi connectivity index (χ2n) is 6.39. The van der Waals surface area contributed by atoms with Crippen LogP contribution in [0.1, 0.15) is 11.1 Å². The van der Waals surface area contributed by atoms with E-state index in [1.54, 1.807) is 7.05 Å². The number of hydrogen-bond donors (Lipinski definition) is 1. The Morgan fingerprint density at radius 3 is 2.30 bits per heavy atom. The first-order valence-corrected chi connectivity index (χ1v) is 9.15. The Bertz CT molecular complexity index is 1180. The normalized spacial score (nSPS) is 11.1. The van der Waals surface area contributed by atoms with Crippen LogP contribution in [0.3, 0.4) is 0 Å². The Labute approximate surface area is 159 Å². The summed E-state index contributed by atoms with van der Waals surface area (Å²) in [7, 11) is 2.94. The number of carbonyl (C=O) groups is 1. The molecule has 1 aromatic carbocycles. The van der Waals surface area contributed by atoms with E-state index in [0.29, 0.717) is 10.9 Å². The van der Waals surface area contributed by atoms with Crippen LogP contribution < -0.4 is 17.0 Å². The molecule has 0 aliphatic heterocycles. The molecule has 8 nitrogen and oxygen atoms in total. The van der Waals surface area contributed by atoms with Crippen molar-refractivity contribution < 1.29 is 4.79 Å². The molecule has 1 amide bonds. The van der Waals surface area contributed by atoms with Crippen molar-refractivity contribution in [1.29, 1.82) is 0 Å². The number of rotatable bonds is 4. The molecular weight excluding hydrogens is 366 g/mol. The number of aromatic nitrogens is 4. The first-order valence-electron chi connectivity index (χ1n) is 8.16. The van der Waals surface area contributed by atoms with Crippen molar-refractivity contribution in [2.75, 3.05) is 5.75 Å². The molecule has 0 atom stereocenters. The number of nitrogens with two attached hydrogens (primary N) is 1. The molecule has 27 heavy (non-hydrogen) atoms. The molecule has 0 unspecified atom stereocenters. The summed E-state index contributed by atoms with van der Waals surface area (Å²) in [6.07, 6.45) is 0. The zero-order chi connectivity index (χ0) is 19.9. The Morgan fingerprint density at radius 1 is 1.07 bits per heavy atom. The Hall–Kier alpha value is -2.94. The average molecular weight is 385 g/mol. The SMILES string of the molecule is Cc1cc(C)cc(-c2nc(SCC(N)=O)c3c(=O)n(C)c(=O)n(C)c3n2)c1. The fraction of sp³-hybridized carbons (Fsp3) is 0.278. The Kier molecular flexibility index (Phi) is 4.88. The van der Waals surface area contributed by atoms with Gasteiger partial charge in [0.25, 0.3) is 5.56 Å². The number of benzene rings is 1. The molecule has 0 saturated heterocycles. The molecule has 2 aromatic heterocycles. The van der Waals surface area contributed by atoms with Gasteiger partial charge in [-0.05, 0) is 26.0 Å². The standard InChI is InChI=1S/C18H19N5O3S/c1-9-5-10(2)7-11(6-9)14-20-15-13(16(21-14)27-8-12(19)24)17(25)23(4)18(26)22(15)3/h5-7H,8H2,1-4H3,(H2,19,24). The summed E-state index contributed by atoms with van der Waals surface area (Å²) in [5.74, 6) is -0.185. The maximum atomic E-state index is 12.7. The van der Waals surface area contributed by atoms with Gasteiger partial charge < -0.3 is 5.73 Å². The molecule has 0 saturated carbocycles. The zero-order valence-corrected chi connectivity index (χ0v) is 16.3. The molecular formula is C18H19N5O3S. The van der Waals surface area contributed by atoms with E-state index in [0.717, 1.165) is 33.0 Å². The smallest absolute Gasteiger partial charge is 0.332 e. The molecule has 0 spiro atoms. The summed E-state index contributed by atoms with van der Waals surface area (Å²) < 4.78 is 2.30. The number of aryl methyl sites for hydroxylation is 3. The number of nitrogens with zero attached hydrogens (tertiary/aromatic N) is 4. The van der Waals surface area contributed by atoms with Gasteiger partial charge in [-0.3, -0.25) is 18.7 Å². The number of fused-ring (bicyclic) bond motifs is 1. The molecule has 0 radical (unpaired) electrons. The summed E-state index contributed by atoms with van der Waals surface area (Å²) in [6, 6.07) is 5.88. The van der Waals surface area contributed by atoms with Crippen LogP contribution >= 0.6 is 11.8 Å². The van der Waals surface area contributed by atoms with Gasteiger partial charge in [-0.25, -0.2) is 14.8 Å². The molecule has 0 bridgehead atoms. The molecule has 2 heterocycles. The highest BCUT2D eigenvalue weighted by atomic mass is 32.2. The maximum absolute atomic E-state index is 12.7. The molecule has 0 aliphatic carbocycles. The van der Waals surface area contributed by atoms with Gasteiger partial charge in [-0.15, -0.1) is 0 Å². The van der Waals surface area contributed by atoms with Gasteiger partial charge >= 0.3 is 5.69 Å². The van der Waals surface area contributed by atoms with Crippen molar-refractivity contribution in [2.45, 2.75) is 18.9 Å². The molecule has 0 fully saturated rings. The van der Waals surface area contributed by atoms with Crippen molar-refractivity contribution in [2.24, 2.45) is 19.8 Å². The monoisotopic (exact) mass is 385 g/mol. The first kappa shape index (κ1) is 18.8. The van der Waals surface area contributed by atoms with Gasteiger partial charge in [0.2, 0.25) is 5.91 Å². The van der Waals surface area contributed by atoms with Crippen molar-refractivity contribution in [1.82, 2.24) is 19.1 Å². The number of amides is 1. The number of primary amides is 1. The third-order valence-electron chi connectivity index (χ3n) is 4.10. The number of thioether (sulfide) groups is 1. The van der Waals surface area contributed by atoms with E-state index in [9.17, 15) is 14.4 Å². The summed E-state index contributed by atoms with van der Waals surface area (Å²) in [5.41, 5.74) is 7.33. The van der Waals surface area contributed by atoms with Gasteiger partial charge in [0.15, 0.2) is 11.5 Å². The second kappa shape index (κ2) is 6.99. The largest absolute Gasteiger partial charge is 0.369 e. The maximum Gasteiger partial charge on any atom is 0.332 e. The van der Waals surface area contributed by atoms with E-state index in [4.69, 9.17) is 5.73 Å². The van der Waals surface area contributed by atoms with Crippen LogP contribution in [0.4, 0.5) is 0 Å². The third-order valence-corrected chi connectivity index (χ3v) is 5.10. The Balaban J connectivity index is 2.39. The number of carbonyl (C=O) groups excluding carboxylic acids is 1. The molecule has 0 aliphatic rings. The van der Waals surface area contributed by atoms with E-state index in [2.05, 4.69) is 9.97 Å². The highest BCUT2D eigenvalue weighted by molar-refractivity contribution is 8.00. The van der Waals surface area contributed by atoms with Crippen molar-refractivity contribution >= 4 is 28.7 Å². The summed E-state index contributed by atoms with van der Waals surface area (Å²) in [5, 5.41) is 0.517. The van der Waals surface area contributed by atoms with Crippen molar-refractivity contribution in [3.05, 3.63) is 50.2 Å². The van der Waals surface area contributed by atoms with E-state index in [-0.39, 0.29) is 16.8 Å². The van der Waals surface area contributed by atoms with Crippen LogP contribution in [0.5, 0.6) is 0 Å². The van der Waals surface area contributed by atoms with Crippen LogP contribution in [0, 0.1) is 13.8 Å². The van der Waals surface area contributed by atoms with Crippen LogP contribution in [-0.2, 0) is 18.9 Å². The lowest BCUT2D eigenvalue weighted by molar-refractivity contribution is -0.115. The van der Waals surface area contributed by atoms with Gasteiger partial charge in [0, 0.05) is 19.7 Å². The first-order chi connectivity index (χ1) is 12.7. The summed E-state index contributed by atoms with van der Waals surface area (Å²) >= 11 is 1.06. The topological polar surface area (TPSA) is 113 Å². The fourth-order valence-electron chi connectivity index (χ4n) is 2.91. The van der Waals surface area contributed by atoms with E-state index in [1.165, 1.54) is 11.6 Å². The minimum Gasteiger partial charge on any atom is -0.369 e. The van der Waals surface area contributed by atoms with E-state index in [1.807, 2.05) is 32.0 Å². The van der Waals surface area contributed by atoms with Crippen LogP contribution in [0.2, 0.25) is 0 Å². The Morgan fingerprint density at radius 2 is 1.70 bits per heavy atom. The van der Waals surface area contributed by atoms with Crippen LogP contribution in [-0.4, -0.2) is 30.8 Å². The van der Waals surface area contributed by atoms with Crippen LogP contribution in [0.15, 0.2) is 32.8 Å². The third kappa shape index (κ3) is 3.50. The van der Waals surface area contributed by atoms with Gasteiger partial charge in [-0.1, -0.05) is 29.0 Å². The fourth-order valence-corrected chi connectivity index (χ4v) is 3.66. The minimum absolute atomic E-state index is 0.0373. The number of hydrogen-bond acceptors (Lipinski definition) is 6. The summed E-state index contributed by atoms with van der Waals surface area (Å²) in [4.78, 5) is 45.2. The van der Waals surface area contributed by atoms with Crippen LogP contribution in [0.25, 0.3) is 22.4 Å². The molecule has 2 N–H and O–H groups in total. The van der Waals surface area contributed by atoms with Crippen molar-refractivity contribution in [3.63, 3.8) is 0 Å². The summed E-state index contributed by atoms with van der Waals surface area (Å²) in [6.45, 7) is 3.93. The van der Waals surface area contributed by atoms with Gasteiger partial charge in [0.05, 0.1) is 5.75 Å². The minimum atomic E-state index is -0.527. The van der Waals surface area contributed by atoms with E-state index < -0.39 is 17.2 Å². The predicted molar refractivity (Wildman–Crippen MR) is 105 cm³/mol. The lowest BCUT2D eigenvalue weighted by Gasteiger charge is -2.12.